The summed E-state index contributed by atoms with van der Waals surface area (Å²) in [5.74, 6) is -2.13. The number of nitrogens with one attached hydrogen (secondary N) is 2. The predicted molar refractivity (Wildman–Crippen MR) is 235 cm³/mol. The van der Waals surface area contributed by atoms with E-state index in [0.29, 0.717) is 37.2 Å². The number of ether oxygens (including phenoxy) is 4. The second-order valence-corrected chi connectivity index (χ2v) is 22.0. The van der Waals surface area contributed by atoms with Crippen LogP contribution in [0.3, 0.4) is 0 Å². The number of sulfonamides is 1. The van der Waals surface area contributed by atoms with Crippen LogP contribution in [0.1, 0.15) is 121 Å². The average Bonchev–Trinajstić information content (AvgIpc) is 4.11. The van der Waals surface area contributed by atoms with Crippen LogP contribution >= 0.6 is 0 Å². The molecule has 0 bridgehead atoms. The molecule has 6 aliphatic rings. The van der Waals surface area contributed by atoms with Gasteiger partial charge in [0.25, 0.3) is 0 Å². The molecule has 352 valence electrons. The fraction of sp³-hybridized carbons (Fsp3) is 0.625. The molecule has 2 N–H and O–H groups in total. The van der Waals surface area contributed by atoms with E-state index in [2.05, 4.69) is 10.0 Å². The third kappa shape index (κ3) is 10.3. The Bertz CT molecular complexity index is 2260. The molecule has 0 radical (unpaired) electrons. The number of benzene rings is 2. The van der Waals surface area contributed by atoms with Crippen molar-refractivity contribution in [3.63, 3.8) is 0 Å². The smallest absolute Gasteiger partial charge is 0.410 e. The average molecular weight is 919 g/mol. The van der Waals surface area contributed by atoms with Crippen LogP contribution in [-0.4, -0.2) is 90.6 Å². The number of Topliss-reactive ketones (excluding diaryl/α,β-unsaturated/α-hetero) is 2. The van der Waals surface area contributed by atoms with Crippen LogP contribution in [0.15, 0.2) is 42.5 Å². The normalized spacial score (nSPS) is 24.7. The number of rotatable bonds is 16. The number of fused-ring (bicyclic) bond motifs is 2. The van der Waals surface area contributed by atoms with Crippen LogP contribution < -0.4 is 19.5 Å². The minimum Gasteiger partial charge on any atom is -0.454 e. The molecule has 3 aliphatic heterocycles. The van der Waals surface area contributed by atoms with E-state index in [1.165, 1.54) is 9.80 Å². The molecule has 4 amide bonds. The number of ketones is 2. The van der Waals surface area contributed by atoms with Crippen LogP contribution in [0.4, 0.5) is 9.59 Å². The van der Waals surface area contributed by atoms with Gasteiger partial charge in [0, 0.05) is 38.3 Å². The highest BCUT2D eigenvalue weighted by Gasteiger charge is 2.62. The van der Waals surface area contributed by atoms with Crippen molar-refractivity contribution in [1.29, 1.82) is 0 Å². The lowest BCUT2D eigenvalue weighted by Gasteiger charge is -2.36. The first kappa shape index (κ1) is 46.3. The second kappa shape index (κ2) is 18.6. The highest BCUT2D eigenvalue weighted by atomic mass is 32.2. The van der Waals surface area contributed by atoms with Crippen molar-refractivity contribution in [2.45, 2.75) is 148 Å². The Morgan fingerprint density at radius 3 is 2.18 bits per heavy atom. The summed E-state index contributed by atoms with van der Waals surface area (Å²) in [5, 5.41) is 2.22. The van der Waals surface area contributed by atoms with Gasteiger partial charge < -0.3 is 29.2 Å². The Morgan fingerprint density at radius 1 is 0.923 bits per heavy atom. The molecule has 3 saturated carbocycles. The Labute approximate surface area is 380 Å². The zero-order chi connectivity index (χ0) is 46.3. The third-order valence-corrected chi connectivity index (χ3v) is 16.2. The standard InChI is InChI=1S/C48H62N4O12S/c1-5-33-22-48(33,44(56)50-65(59,60)35-16-17-35)23-39(54)37-20-34(64-46(58)51-24-31-18-40-41(63-28-62-40)19-32(31)25-51)26-52(37)43(55)36(47(2,3)4)21-38(53)42(30-14-10-7-11-15-30)49-45(57)61-27-29-12-8-6-9-13-29/h6,8-9,12-13,18-19,30,33-37,42H,5,7,10-11,14-17,20-28H2,1-4H3,(H,49,57)(H,50,56)/t33-,34+,36+,37?,42-,48-/m0/s1. The second-order valence-electron chi connectivity index (χ2n) is 20.0. The maximum Gasteiger partial charge on any atom is 0.410 e. The van der Waals surface area contributed by atoms with E-state index in [0.717, 1.165) is 48.8 Å². The van der Waals surface area contributed by atoms with Gasteiger partial charge in [0.05, 0.1) is 29.3 Å². The molecular weight excluding hydrogens is 857 g/mol. The van der Waals surface area contributed by atoms with Gasteiger partial charge in [0.2, 0.25) is 28.6 Å². The van der Waals surface area contributed by atoms with Gasteiger partial charge in [0.15, 0.2) is 23.1 Å². The molecule has 0 spiro atoms. The number of carbonyl (C=O) groups is 6. The van der Waals surface area contributed by atoms with Gasteiger partial charge in [-0.3, -0.25) is 28.8 Å². The van der Waals surface area contributed by atoms with Crippen LogP contribution in [0.5, 0.6) is 11.5 Å². The maximum atomic E-state index is 15.1. The molecule has 3 aliphatic carbocycles. The molecule has 8 rings (SSSR count). The van der Waals surface area contributed by atoms with Gasteiger partial charge in [-0.15, -0.1) is 0 Å². The number of likely N-dealkylation sites (tertiary alicyclic amines) is 1. The summed E-state index contributed by atoms with van der Waals surface area (Å²) in [6.45, 7) is 7.93. The third-order valence-electron chi connectivity index (χ3n) is 14.4. The molecule has 2 aromatic carbocycles. The summed E-state index contributed by atoms with van der Waals surface area (Å²) < 4.78 is 50.7. The molecular formula is C48H62N4O12S. The van der Waals surface area contributed by atoms with Gasteiger partial charge in [-0.25, -0.2) is 18.0 Å². The van der Waals surface area contributed by atoms with Gasteiger partial charge in [0.1, 0.15) is 12.7 Å². The Kier molecular flexibility index (Phi) is 13.3. The molecule has 1 saturated heterocycles. The van der Waals surface area contributed by atoms with Crippen molar-refractivity contribution in [2.75, 3.05) is 13.3 Å². The lowest BCUT2D eigenvalue weighted by Crippen LogP contribution is -2.51. The van der Waals surface area contributed by atoms with Crippen LogP contribution in [0.25, 0.3) is 0 Å². The summed E-state index contributed by atoms with van der Waals surface area (Å²) in [4.78, 5) is 88.2. The topological polar surface area (TPSA) is 204 Å². The first-order valence-electron chi connectivity index (χ1n) is 23.2. The molecule has 0 aromatic heterocycles. The number of carbonyl (C=O) groups excluding carboxylic acids is 6. The van der Waals surface area contributed by atoms with Crippen molar-refractivity contribution in [3.8, 4) is 11.5 Å². The zero-order valence-corrected chi connectivity index (χ0v) is 38.6. The molecule has 17 heteroatoms. The highest BCUT2D eigenvalue weighted by molar-refractivity contribution is 7.90. The largest absolute Gasteiger partial charge is 0.454 e. The van der Waals surface area contributed by atoms with Gasteiger partial charge in [-0.2, -0.15) is 0 Å². The van der Waals surface area contributed by atoms with E-state index >= 15 is 4.79 Å². The molecule has 6 atom stereocenters. The molecule has 1 unspecified atom stereocenters. The molecule has 3 heterocycles. The minimum absolute atomic E-state index is 0.0201. The van der Waals surface area contributed by atoms with Crippen molar-refractivity contribution in [3.05, 3.63) is 59.2 Å². The molecule has 16 nitrogen and oxygen atoms in total. The quantitative estimate of drug-likeness (QED) is 0.190. The van der Waals surface area contributed by atoms with E-state index in [9.17, 15) is 32.4 Å². The molecule has 2 aromatic rings. The number of alkyl carbamates (subject to hydrolysis) is 1. The number of nitrogens with zero attached hydrogens (tertiary/aromatic N) is 2. The zero-order valence-electron chi connectivity index (χ0n) is 37.8. The summed E-state index contributed by atoms with van der Waals surface area (Å²) in [6.07, 6.45) is 3.18. The number of hydrogen-bond acceptors (Lipinski definition) is 12. The Morgan fingerprint density at radius 2 is 1.58 bits per heavy atom. The van der Waals surface area contributed by atoms with E-state index in [1.54, 1.807) is 0 Å². The van der Waals surface area contributed by atoms with Crippen molar-refractivity contribution in [1.82, 2.24) is 19.8 Å². The fourth-order valence-corrected chi connectivity index (χ4v) is 11.7. The van der Waals surface area contributed by atoms with Crippen molar-refractivity contribution >= 4 is 45.6 Å². The Balaban J connectivity index is 1.02. The molecule has 4 fully saturated rings. The SMILES string of the molecule is CC[C@H]1C[C@@]1(CC(=O)C1C[C@@H](OC(=O)N2Cc3cc4c(cc3C2)OCO4)CN1C(=O)[C@@H](CC(=O)[C@@H](NC(=O)OCc1ccccc1)C1CCCCC1)C(C)(C)C)C(=O)NS(=O)(=O)C1CC1. The van der Waals surface area contributed by atoms with E-state index < -0.39 is 80.0 Å². The van der Waals surface area contributed by atoms with E-state index in [4.69, 9.17) is 18.9 Å². The summed E-state index contributed by atoms with van der Waals surface area (Å²) >= 11 is 0. The Hall–Kier alpha value is -5.19. The lowest BCUT2D eigenvalue weighted by atomic mass is 9.74. The number of amides is 4. The van der Waals surface area contributed by atoms with Crippen LogP contribution in [-0.2, 0) is 58.4 Å². The maximum absolute atomic E-state index is 15.1. The van der Waals surface area contributed by atoms with Gasteiger partial charge in [-0.05, 0) is 78.2 Å². The minimum atomic E-state index is -3.89. The van der Waals surface area contributed by atoms with E-state index in [-0.39, 0.29) is 69.9 Å². The monoisotopic (exact) mass is 918 g/mol. The summed E-state index contributed by atoms with van der Waals surface area (Å²) in [7, 11) is -3.89. The van der Waals surface area contributed by atoms with Crippen molar-refractivity contribution < 1.29 is 56.1 Å². The first-order chi connectivity index (χ1) is 31.0. The molecule has 65 heavy (non-hydrogen) atoms. The number of hydrogen-bond donors (Lipinski definition) is 2. The van der Waals surface area contributed by atoms with Gasteiger partial charge in [-0.1, -0.05) is 83.7 Å². The van der Waals surface area contributed by atoms with Crippen molar-refractivity contribution in [2.24, 2.45) is 28.6 Å². The summed E-state index contributed by atoms with van der Waals surface area (Å²) in [5.41, 5.74) is 0.484. The van der Waals surface area contributed by atoms with Crippen LogP contribution in [0, 0.1) is 28.6 Å². The predicted octanol–water partition coefficient (Wildman–Crippen LogP) is 6.32. The first-order valence-corrected chi connectivity index (χ1v) is 24.8. The lowest BCUT2D eigenvalue weighted by molar-refractivity contribution is -0.146. The highest BCUT2D eigenvalue weighted by Crippen LogP contribution is 2.58. The van der Waals surface area contributed by atoms with Gasteiger partial charge >= 0.3 is 12.2 Å². The van der Waals surface area contributed by atoms with Crippen LogP contribution in [0.2, 0.25) is 0 Å². The fourth-order valence-electron chi connectivity index (χ4n) is 10.3. The van der Waals surface area contributed by atoms with E-state index in [1.807, 2.05) is 70.2 Å². The summed E-state index contributed by atoms with van der Waals surface area (Å²) in [6, 6.07) is 10.9.